The summed E-state index contributed by atoms with van der Waals surface area (Å²) in [5.74, 6) is -0.804. The number of aliphatic hydroxyl groups is 3. The van der Waals surface area contributed by atoms with Gasteiger partial charge in [-0.1, -0.05) is 0 Å². The number of aliphatic hydroxyl groups excluding tert-OH is 3. The van der Waals surface area contributed by atoms with Crippen molar-refractivity contribution in [2.75, 3.05) is 6.61 Å². The highest BCUT2D eigenvalue weighted by molar-refractivity contribution is 5.59. The smallest absolute Gasteiger partial charge is 0.330 e. The molecule has 8 nitrogen and oxygen atoms in total. The molecule has 0 bridgehead atoms. The van der Waals surface area contributed by atoms with Crippen molar-refractivity contribution >= 4 is 5.83 Å². The second-order valence-corrected chi connectivity index (χ2v) is 5.25. The number of allylic oxidation sites excluding steroid dienone is 1. The number of nitrogens with one attached hydrogen (secondary N) is 1. The van der Waals surface area contributed by atoms with Gasteiger partial charge in [0.25, 0.3) is 5.56 Å². The molecule has 0 saturated carbocycles. The topological polar surface area (TPSA) is 125 Å². The molecule has 1 aliphatic heterocycles. The molecule has 0 radical (unpaired) electrons. The lowest BCUT2D eigenvalue weighted by Crippen LogP contribution is -2.38. The van der Waals surface area contributed by atoms with E-state index in [9.17, 15) is 24.2 Å². The highest BCUT2D eigenvalue weighted by Crippen LogP contribution is 2.28. The molecule has 4 N–H and O–H groups in total. The normalized spacial score (nSPS) is 27.9. The minimum absolute atomic E-state index is 0.233. The first-order chi connectivity index (χ1) is 10.3. The summed E-state index contributed by atoms with van der Waals surface area (Å²) in [6.07, 6.45) is -4.44. The first-order valence-electron chi connectivity index (χ1n) is 6.59. The lowest BCUT2D eigenvalue weighted by Gasteiger charge is -2.17. The van der Waals surface area contributed by atoms with Gasteiger partial charge in [-0.3, -0.25) is 14.3 Å². The molecule has 0 aromatic carbocycles. The van der Waals surface area contributed by atoms with E-state index in [0.717, 1.165) is 10.8 Å². The van der Waals surface area contributed by atoms with Gasteiger partial charge in [-0.25, -0.2) is 9.18 Å². The van der Waals surface area contributed by atoms with Crippen LogP contribution in [0.5, 0.6) is 0 Å². The van der Waals surface area contributed by atoms with Crippen LogP contribution in [-0.2, 0) is 4.74 Å². The zero-order chi connectivity index (χ0) is 16.6. The van der Waals surface area contributed by atoms with E-state index in [0.29, 0.717) is 0 Å². The Kier molecular flexibility index (Phi) is 4.61. The third kappa shape index (κ3) is 2.75. The van der Waals surface area contributed by atoms with E-state index < -0.39 is 53.8 Å². The van der Waals surface area contributed by atoms with Crippen LogP contribution in [0.15, 0.2) is 21.4 Å². The maximum Gasteiger partial charge on any atom is 0.330 e. The molecule has 0 amide bonds. The number of H-pyrrole nitrogens is 1. The molecule has 122 valence electrons. The summed E-state index contributed by atoms with van der Waals surface area (Å²) >= 11 is 0. The van der Waals surface area contributed by atoms with Crippen molar-refractivity contribution in [2.24, 2.45) is 0 Å². The van der Waals surface area contributed by atoms with Crippen molar-refractivity contribution in [1.82, 2.24) is 9.55 Å². The van der Waals surface area contributed by atoms with Gasteiger partial charge in [0.05, 0.1) is 12.2 Å². The molecule has 1 aromatic rings. The Hall–Kier alpha value is -1.81. The number of hydrogen-bond acceptors (Lipinski definition) is 6. The summed E-state index contributed by atoms with van der Waals surface area (Å²) < 4.78 is 20.0. The fourth-order valence-electron chi connectivity index (χ4n) is 2.21. The summed E-state index contributed by atoms with van der Waals surface area (Å²) in [7, 11) is 0. The van der Waals surface area contributed by atoms with Crippen LogP contribution in [0.25, 0.3) is 5.83 Å². The highest BCUT2D eigenvalue weighted by atomic mass is 19.1. The summed E-state index contributed by atoms with van der Waals surface area (Å²) in [5, 5.41) is 28.6. The molecule has 4 atom stereocenters. The van der Waals surface area contributed by atoms with E-state index in [2.05, 4.69) is 0 Å². The van der Waals surface area contributed by atoms with Crippen LogP contribution in [0.2, 0.25) is 0 Å². The first kappa shape index (κ1) is 16.6. The number of halogens is 1. The lowest BCUT2D eigenvalue weighted by molar-refractivity contribution is -0.0550. The number of rotatable bonds is 3. The van der Waals surface area contributed by atoms with Gasteiger partial charge >= 0.3 is 5.69 Å². The largest absolute Gasteiger partial charge is 0.394 e. The Bertz CT molecular complexity index is 705. The van der Waals surface area contributed by atoms with Gasteiger partial charge in [-0.15, -0.1) is 0 Å². The van der Waals surface area contributed by atoms with Crippen molar-refractivity contribution in [2.45, 2.75) is 38.4 Å². The van der Waals surface area contributed by atoms with E-state index in [1.807, 2.05) is 4.98 Å². The number of aromatic nitrogens is 2. The van der Waals surface area contributed by atoms with Gasteiger partial charge in [-0.2, -0.15) is 0 Å². The summed E-state index contributed by atoms with van der Waals surface area (Å²) in [6.45, 7) is 2.34. The molecule has 1 saturated heterocycles. The van der Waals surface area contributed by atoms with Gasteiger partial charge < -0.3 is 20.1 Å². The number of ether oxygens (including phenoxy) is 1. The summed E-state index contributed by atoms with van der Waals surface area (Å²) in [5.41, 5.74) is -1.99. The minimum atomic E-state index is -1.51. The van der Waals surface area contributed by atoms with Crippen LogP contribution in [0, 0.1) is 0 Å². The molecular formula is C13H17FN2O6. The number of nitrogens with zero attached hydrogens (tertiary/aromatic N) is 1. The van der Waals surface area contributed by atoms with Gasteiger partial charge in [0.15, 0.2) is 6.23 Å². The van der Waals surface area contributed by atoms with Gasteiger partial charge in [0.2, 0.25) is 0 Å². The Morgan fingerprint density at radius 2 is 2.00 bits per heavy atom. The van der Waals surface area contributed by atoms with Gasteiger partial charge in [0.1, 0.15) is 24.1 Å². The van der Waals surface area contributed by atoms with E-state index in [4.69, 9.17) is 9.84 Å². The fraction of sp³-hybridized carbons (Fsp3) is 0.538. The Balaban J connectivity index is 2.53. The zero-order valence-corrected chi connectivity index (χ0v) is 12.0. The molecule has 22 heavy (non-hydrogen) atoms. The second-order valence-electron chi connectivity index (χ2n) is 5.25. The SMILES string of the molecule is CC(C)=C(F)c1cn(C2OC(CO)C(O)C2O)c(=O)[nH]c1=O. The molecule has 9 heteroatoms. The van der Waals surface area contributed by atoms with Crippen LogP contribution < -0.4 is 11.2 Å². The van der Waals surface area contributed by atoms with E-state index in [-0.39, 0.29) is 5.57 Å². The average Bonchev–Trinajstić information content (AvgIpc) is 2.74. The quantitative estimate of drug-likeness (QED) is 0.559. The second kappa shape index (κ2) is 6.13. The molecule has 2 heterocycles. The molecule has 0 aliphatic carbocycles. The van der Waals surface area contributed by atoms with Gasteiger partial charge in [0, 0.05) is 6.20 Å². The Labute approximate surface area is 124 Å². The number of hydrogen-bond donors (Lipinski definition) is 4. The Morgan fingerprint density at radius 1 is 1.36 bits per heavy atom. The third-order valence-corrected chi connectivity index (χ3v) is 3.43. The molecule has 1 fully saturated rings. The van der Waals surface area contributed by atoms with E-state index in [1.54, 1.807) is 0 Å². The molecular weight excluding hydrogens is 299 g/mol. The average molecular weight is 316 g/mol. The summed E-state index contributed by atoms with van der Waals surface area (Å²) in [4.78, 5) is 25.5. The van der Waals surface area contributed by atoms with Crippen molar-refractivity contribution in [3.05, 3.63) is 38.2 Å². The monoisotopic (exact) mass is 316 g/mol. The maximum absolute atomic E-state index is 14.0. The molecule has 1 aromatic heterocycles. The van der Waals surface area contributed by atoms with Crippen molar-refractivity contribution in [1.29, 1.82) is 0 Å². The standard InChI is InChI=1S/C13H17FN2O6/c1-5(2)8(14)6-3-16(13(21)15-11(6)20)12-10(19)9(18)7(4-17)22-12/h3,7,9-10,12,17-19H,4H2,1-2H3,(H,15,20,21). The third-order valence-electron chi connectivity index (χ3n) is 3.43. The predicted octanol–water partition coefficient (Wildman–Crippen LogP) is -1.13. The minimum Gasteiger partial charge on any atom is -0.394 e. The van der Waals surface area contributed by atoms with E-state index in [1.165, 1.54) is 13.8 Å². The Morgan fingerprint density at radius 3 is 2.50 bits per heavy atom. The van der Waals surface area contributed by atoms with Crippen LogP contribution in [0.3, 0.4) is 0 Å². The molecule has 2 rings (SSSR count). The maximum atomic E-state index is 14.0. The summed E-state index contributed by atoms with van der Waals surface area (Å²) in [6, 6.07) is 0. The van der Waals surface area contributed by atoms with Gasteiger partial charge in [-0.05, 0) is 19.4 Å². The predicted molar refractivity (Wildman–Crippen MR) is 73.7 cm³/mol. The van der Waals surface area contributed by atoms with Crippen molar-refractivity contribution in [3.63, 3.8) is 0 Å². The highest BCUT2D eigenvalue weighted by Gasteiger charge is 2.43. The molecule has 1 aliphatic rings. The first-order valence-corrected chi connectivity index (χ1v) is 6.59. The van der Waals surface area contributed by atoms with Crippen LogP contribution in [0.1, 0.15) is 25.6 Å². The zero-order valence-electron chi connectivity index (χ0n) is 12.0. The van der Waals surface area contributed by atoms with Crippen LogP contribution >= 0.6 is 0 Å². The van der Waals surface area contributed by atoms with Crippen LogP contribution in [0.4, 0.5) is 4.39 Å². The number of aromatic amines is 1. The van der Waals surface area contributed by atoms with Crippen molar-refractivity contribution in [3.8, 4) is 0 Å². The molecule has 4 unspecified atom stereocenters. The molecule has 0 spiro atoms. The van der Waals surface area contributed by atoms with E-state index >= 15 is 0 Å². The lowest BCUT2D eigenvalue weighted by atomic mass is 10.1. The fourth-order valence-corrected chi connectivity index (χ4v) is 2.21. The van der Waals surface area contributed by atoms with Crippen LogP contribution in [-0.4, -0.2) is 49.8 Å². The van der Waals surface area contributed by atoms with Crippen molar-refractivity contribution < 1.29 is 24.4 Å².